The first-order valence-corrected chi connectivity index (χ1v) is 15.9. The van der Waals surface area contributed by atoms with Crippen molar-refractivity contribution in [3.05, 3.63) is 60.2 Å². The second-order valence-electron chi connectivity index (χ2n) is 11.7. The molecule has 1 aromatic heterocycles. The van der Waals surface area contributed by atoms with Crippen LogP contribution in [0, 0.1) is 5.92 Å². The highest BCUT2D eigenvalue weighted by molar-refractivity contribution is 5.82. The SMILES string of the molecule is CCCCCCCCCc1ccc2nc(-c3ccc(OCCCCCCCC4CCCC4)cc3)ccc2c1. The van der Waals surface area contributed by atoms with Crippen LogP contribution in [0.25, 0.3) is 22.2 Å². The molecule has 0 unspecified atom stereocenters. The Labute approximate surface area is 232 Å². The van der Waals surface area contributed by atoms with E-state index in [9.17, 15) is 0 Å². The number of ether oxygens (including phenoxy) is 1. The maximum Gasteiger partial charge on any atom is 0.119 e. The zero-order chi connectivity index (χ0) is 26.3. The van der Waals surface area contributed by atoms with E-state index in [-0.39, 0.29) is 0 Å². The molecular weight excluding hydrogens is 462 g/mol. The molecule has 2 heteroatoms. The highest BCUT2D eigenvalue weighted by Gasteiger charge is 2.13. The van der Waals surface area contributed by atoms with Gasteiger partial charge in [0.2, 0.25) is 0 Å². The summed E-state index contributed by atoms with van der Waals surface area (Å²) in [5, 5.41) is 1.24. The average Bonchev–Trinajstić information content (AvgIpc) is 3.48. The van der Waals surface area contributed by atoms with E-state index in [1.807, 2.05) is 0 Å². The number of aryl methyl sites for hydroxylation is 1. The third-order valence-electron chi connectivity index (χ3n) is 8.47. The summed E-state index contributed by atoms with van der Waals surface area (Å²) in [6.45, 7) is 3.10. The van der Waals surface area contributed by atoms with Crippen LogP contribution < -0.4 is 4.74 Å². The maximum absolute atomic E-state index is 6.01. The van der Waals surface area contributed by atoms with Gasteiger partial charge in [-0.2, -0.15) is 0 Å². The fraction of sp³-hybridized carbons (Fsp3) is 0.583. The number of fused-ring (bicyclic) bond motifs is 1. The van der Waals surface area contributed by atoms with Crippen LogP contribution in [0.2, 0.25) is 0 Å². The van der Waals surface area contributed by atoms with Gasteiger partial charge in [0.25, 0.3) is 0 Å². The van der Waals surface area contributed by atoms with E-state index in [1.54, 1.807) is 0 Å². The number of rotatable bonds is 18. The molecule has 0 saturated heterocycles. The standard InChI is InChI=1S/C36H51NO/c1-2-3-4-5-6-8-12-19-31-20-26-36-33(29-31)23-27-35(37-36)32-21-24-34(25-22-32)38-28-15-10-7-9-11-16-30-17-13-14-18-30/h20-27,29-30H,2-19,28H2,1H3. The molecule has 0 aliphatic heterocycles. The number of pyridine rings is 1. The Morgan fingerprint density at radius 2 is 1.42 bits per heavy atom. The highest BCUT2D eigenvalue weighted by atomic mass is 16.5. The lowest BCUT2D eigenvalue weighted by molar-refractivity contribution is 0.304. The minimum atomic E-state index is 0.817. The van der Waals surface area contributed by atoms with Crippen LogP contribution in [0.1, 0.15) is 122 Å². The molecule has 0 N–H and O–H groups in total. The molecule has 2 aromatic carbocycles. The fourth-order valence-corrected chi connectivity index (χ4v) is 6.05. The lowest BCUT2D eigenvalue weighted by atomic mass is 9.99. The third kappa shape index (κ3) is 9.75. The van der Waals surface area contributed by atoms with Crippen LogP contribution in [0.5, 0.6) is 5.75 Å². The molecule has 4 rings (SSSR count). The van der Waals surface area contributed by atoms with Crippen molar-refractivity contribution >= 4 is 10.9 Å². The van der Waals surface area contributed by atoms with Gasteiger partial charge in [-0.1, -0.05) is 115 Å². The first-order chi connectivity index (χ1) is 18.8. The monoisotopic (exact) mass is 513 g/mol. The minimum absolute atomic E-state index is 0.817. The van der Waals surface area contributed by atoms with Gasteiger partial charge in [-0.05, 0) is 73.2 Å². The summed E-state index contributed by atoms with van der Waals surface area (Å²) in [5.41, 5.74) is 4.69. The van der Waals surface area contributed by atoms with Gasteiger partial charge >= 0.3 is 0 Å². The van der Waals surface area contributed by atoms with Gasteiger partial charge in [-0.25, -0.2) is 4.98 Å². The molecule has 0 atom stereocenters. The first-order valence-electron chi connectivity index (χ1n) is 15.9. The molecule has 1 saturated carbocycles. The number of aromatic nitrogens is 1. The summed E-state index contributed by atoms with van der Waals surface area (Å²) in [7, 11) is 0. The van der Waals surface area contributed by atoms with E-state index in [1.165, 1.54) is 120 Å². The molecule has 0 radical (unpaired) electrons. The predicted octanol–water partition coefficient (Wildman–Crippen LogP) is 11.1. The molecule has 1 fully saturated rings. The van der Waals surface area contributed by atoms with Crippen LogP contribution >= 0.6 is 0 Å². The molecule has 206 valence electrons. The zero-order valence-electron chi connectivity index (χ0n) is 24.1. The number of hydrogen-bond acceptors (Lipinski definition) is 2. The molecule has 1 heterocycles. The maximum atomic E-state index is 6.01. The number of benzene rings is 2. The summed E-state index contributed by atoms with van der Waals surface area (Å²) in [6.07, 6.45) is 24.7. The Bertz CT molecular complexity index is 1050. The largest absolute Gasteiger partial charge is 0.494 e. The Kier molecular flexibility index (Phi) is 12.5. The Morgan fingerprint density at radius 3 is 2.21 bits per heavy atom. The normalized spacial score (nSPS) is 13.9. The highest BCUT2D eigenvalue weighted by Crippen LogP contribution is 2.29. The number of unbranched alkanes of at least 4 members (excludes halogenated alkanes) is 10. The smallest absolute Gasteiger partial charge is 0.119 e. The van der Waals surface area contributed by atoms with E-state index in [0.717, 1.165) is 41.5 Å². The third-order valence-corrected chi connectivity index (χ3v) is 8.47. The predicted molar refractivity (Wildman–Crippen MR) is 164 cm³/mol. The Hall–Kier alpha value is -2.35. The Balaban J connectivity index is 1.15. The van der Waals surface area contributed by atoms with Crippen molar-refractivity contribution in [3.63, 3.8) is 0 Å². The van der Waals surface area contributed by atoms with Gasteiger partial charge in [0.15, 0.2) is 0 Å². The summed E-state index contributed by atoms with van der Waals surface area (Å²) in [4.78, 5) is 4.95. The van der Waals surface area contributed by atoms with Crippen LogP contribution in [0.15, 0.2) is 54.6 Å². The summed E-state index contributed by atoms with van der Waals surface area (Å²) < 4.78 is 6.01. The molecule has 3 aromatic rings. The van der Waals surface area contributed by atoms with Crippen molar-refractivity contribution in [1.82, 2.24) is 4.98 Å². The Morgan fingerprint density at radius 1 is 0.711 bits per heavy atom. The van der Waals surface area contributed by atoms with Gasteiger partial charge in [-0.3, -0.25) is 0 Å². The van der Waals surface area contributed by atoms with Gasteiger partial charge in [-0.15, -0.1) is 0 Å². The van der Waals surface area contributed by atoms with Crippen molar-refractivity contribution in [2.75, 3.05) is 6.61 Å². The van der Waals surface area contributed by atoms with Crippen molar-refractivity contribution in [2.24, 2.45) is 5.92 Å². The lowest BCUT2D eigenvalue weighted by Crippen LogP contribution is -1.97. The zero-order valence-corrected chi connectivity index (χ0v) is 24.1. The van der Waals surface area contributed by atoms with E-state index >= 15 is 0 Å². The van der Waals surface area contributed by atoms with E-state index in [0.29, 0.717) is 0 Å². The van der Waals surface area contributed by atoms with Gasteiger partial charge in [0.05, 0.1) is 17.8 Å². The first kappa shape index (κ1) is 28.7. The van der Waals surface area contributed by atoms with Crippen molar-refractivity contribution in [2.45, 2.75) is 122 Å². The number of nitrogens with zero attached hydrogens (tertiary/aromatic N) is 1. The van der Waals surface area contributed by atoms with Crippen LogP contribution in [-0.4, -0.2) is 11.6 Å². The quantitative estimate of drug-likeness (QED) is 0.158. The molecular formula is C36H51NO. The van der Waals surface area contributed by atoms with E-state index in [2.05, 4.69) is 61.5 Å². The molecule has 1 aliphatic carbocycles. The average molecular weight is 514 g/mol. The van der Waals surface area contributed by atoms with Gasteiger partial charge < -0.3 is 4.74 Å². The molecule has 38 heavy (non-hydrogen) atoms. The second kappa shape index (κ2) is 16.6. The lowest BCUT2D eigenvalue weighted by Gasteiger charge is -2.09. The van der Waals surface area contributed by atoms with E-state index < -0.39 is 0 Å². The molecule has 1 aliphatic rings. The summed E-state index contributed by atoms with van der Waals surface area (Å²) >= 11 is 0. The van der Waals surface area contributed by atoms with Crippen LogP contribution in [0.4, 0.5) is 0 Å². The van der Waals surface area contributed by atoms with Gasteiger partial charge in [0, 0.05) is 10.9 Å². The van der Waals surface area contributed by atoms with Crippen molar-refractivity contribution in [3.8, 4) is 17.0 Å². The molecule has 0 spiro atoms. The van der Waals surface area contributed by atoms with Crippen molar-refractivity contribution in [1.29, 1.82) is 0 Å². The fourth-order valence-electron chi connectivity index (χ4n) is 6.05. The minimum Gasteiger partial charge on any atom is -0.494 e. The van der Waals surface area contributed by atoms with Crippen LogP contribution in [-0.2, 0) is 6.42 Å². The topological polar surface area (TPSA) is 22.1 Å². The molecule has 2 nitrogen and oxygen atoms in total. The molecule has 0 amide bonds. The van der Waals surface area contributed by atoms with Crippen molar-refractivity contribution < 1.29 is 4.74 Å². The molecule has 0 bridgehead atoms. The second-order valence-corrected chi connectivity index (χ2v) is 11.7. The number of hydrogen-bond donors (Lipinski definition) is 0. The summed E-state index contributed by atoms with van der Waals surface area (Å²) in [6, 6.07) is 19.6. The van der Waals surface area contributed by atoms with Gasteiger partial charge in [0.1, 0.15) is 5.75 Å². The van der Waals surface area contributed by atoms with Crippen LogP contribution in [0.3, 0.4) is 0 Å². The summed E-state index contributed by atoms with van der Waals surface area (Å²) in [5.74, 6) is 2.01. The van der Waals surface area contributed by atoms with E-state index in [4.69, 9.17) is 9.72 Å².